The van der Waals surface area contributed by atoms with Gasteiger partial charge < -0.3 is 10.1 Å². The van der Waals surface area contributed by atoms with Crippen LogP contribution in [0.4, 0.5) is 5.00 Å². The lowest BCUT2D eigenvalue weighted by atomic mass is 9.96. The lowest BCUT2D eigenvalue weighted by molar-refractivity contribution is -0.112. The smallest absolute Gasteiger partial charge is 0.266 e. The molecule has 5 nitrogen and oxygen atoms in total. The largest absolute Gasteiger partial charge is 0.489 e. The highest BCUT2D eigenvalue weighted by Gasteiger charge is 2.22. The number of amides is 1. The van der Waals surface area contributed by atoms with Gasteiger partial charge in [0.2, 0.25) is 0 Å². The number of nitriles is 2. The van der Waals surface area contributed by atoms with Crippen molar-refractivity contribution in [3.05, 3.63) is 86.3 Å². The first-order valence-corrected chi connectivity index (χ1v) is 11.7. The van der Waals surface area contributed by atoms with Gasteiger partial charge in [-0.15, -0.1) is 11.3 Å². The van der Waals surface area contributed by atoms with Crippen LogP contribution in [0.1, 0.15) is 40.0 Å². The molecule has 0 unspecified atom stereocenters. The highest BCUT2D eigenvalue weighted by Crippen LogP contribution is 2.37. The standard InChI is InChI=1S/C26H20ClN3O2S/c27-23-10-3-1-7-18(23)16-32-20-8-5-6-17(13-20)12-19(14-28)25(31)30-26-22(15-29)21-9-2-4-11-24(21)33-26/h1,3,5-8,10,12-13H,2,4,9,11,16H2,(H,30,31). The van der Waals surface area contributed by atoms with Crippen molar-refractivity contribution in [3.8, 4) is 17.9 Å². The van der Waals surface area contributed by atoms with Crippen LogP contribution in [0.5, 0.6) is 5.75 Å². The third-order valence-corrected chi connectivity index (χ3v) is 6.97. The van der Waals surface area contributed by atoms with Crippen LogP contribution in [0, 0.1) is 22.7 Å². The number of fused-ring (bicyclic) bond motifs is 1. The second kappa shape index (κ2) is 10.4. The molecule has 0 saturated carbocycles. The van der Waals surface area contributed by atoms with Crippen molar-refractivity contribution in [3.63, 3.8) is 0 Å². The van der Waals surface area contributed by atoms with Gasteiger partial charge in [-0.25, -0.2) is 0 Å². The van der Waals surface area contributed by atoms with E-state index in [4.69, 9.17) is 16.3 Å². The quantitative estimate of drug-likeness (QED) is 0.337. The molecular weight excluding hydrogens is 454 g/mol. The number of anilines is 1. The van der Waals surface area contributed by atoms with Crippen LogP contribution in [-0.4, -0.2) is 5.91 Å². The molecule has 0 atom stereocenters. The normalized spacial score (nSPS) is 12.9. The Morgan fingerprint density at radius 3 is 2.76 bits per heavy atom. The molecule has 1 aliphatic rings. The van der Waals surface area contributed by atoms with Crippen molar-refractivity contribution in [2.24, 2.45) is 0 Å². The number of carbonyl (C=O) groups is 1. The minimum Gasteiger partial charge on any atom is -0.489 e. The van der Waals surface area contributed by atoms with Gasteiger partial charge in [0, 0.05) is 15.5 Å². The Kier molecular flexibility index (Phi) is 7.10. The van der Waals surface area contributed by atoms with Crippen molar-refractivity contribution in [2.45, 2.75) is 32.3 Å². The number of halogens is 1. The second-order valence-corrected chi connectivity index (χ2v) is 9.12. The van der Waals surface area contributed by atoms with Gasteiger partial charge in [0.1, 0.15) is 35.1 Å². The first kappa shape index (κ1) is 22.6. The topological polar surface area (TPSA) is 85.9 Å². The third-order valence-electron chi connectivity index (χ3n) is 5.40. The van der Waals surface area contributed by atoms with Crippen LogP contribution in [0.3, 0.4) is 0 Å². The van der Waals surface area contributed by atoms with Crippen LogP contribution in [-0.2, 0) is 24.2 Å². The van der Waals surface area contributed by atoms with Crippen molar-refractivity contribution < 1.29 is 9.53 Å². The predicted octanol–water partition coefficient (Wildman–Crippen LogP) is 6.28. The van der Waals surface area contributed by atoms with Crippen LogP contribution in [0.2, 0.25) is 5.02 Å². The molecule has 4 rings (SSSR count). The molecule has 1 heterocycles. The average molecular weight is 474 g/mol. The molecule has 0 bridgehead atoms. The SMILES string of the molecule is N#CC(=Cc1cccc(OCc2ccccc2Cl)c1)C(=O)Nc1sc2c(c1C#N)CCCC2. The van der Waals surface area contributed by atoms with E-state index in [2.05, 4.69) is 11.4 Å². The van der Waals surface area contributed by atoms with Gasteiger partial charge in [0.25, 0.3) is 5.91 Å². The van der Waals surface area contributed by atoms with Crippen LogP contribution < -0.4 is 10.1 Å². The molecule has 1 aromatic heterocycles. The summed E-state index contributed by atoms with van der Waals surface area (Å²) in [6.45, 7) is 0.304. The van der Waals surface area contributed by atoms with E-state index in [-0.39, 0.29) is 5.57 Å². The van der Waals surface area contributed by atoms with Crippen molar-refractivity contribution in [1.82, 2.24) is 0 Å². The van der Waals surface area contributed by atoms with Crippen LogP contribution >= 0.6 is 22.9 Å². The number of rotatable bonds is 6. The summed E-state index contributed by atoms with van der Waals surface area (Å²) in [6, 6.07) is 18.8. The Hall–Kier alpha value is -3.58. The Balaban J connectivity index is 1.50. The van der Waals surface area contributed by atoms with Crippen molar-refractivity contribution in [1.29, 1.82) is 10.5 Å². The van der Waals surface area contributed by atoms with E-state index in [1.54, 1.807) is 30.3 Å². The molecule has 0 radical (unpaired) electrons. The number of nitrogens with zero attached hydrogens (tertiary/aromatic N) is 2. The molecule has 1 N–H and O–H groups in total. The Labute approximate surface area is 201 Å². The highest BCUT2D eigenvalue weighted by molar-refractivity contribution is 7.16. The number of hydrogen-bond acceptors (Lipinski definition) is 5. The lowest BCUT2D eigenvalue weighted by Crippen LogP contribution is -2.13. The van der Waals surface area contributed by atoms with E-state index in [1.165, 1.54) is 17.4 Å². The number of thiophene rings is 1. The summed E-state index contributed by atoms with van der Waals surface area (Å²) in [5.74, 6) is 0.0639. The van der Waals surface area contributed by atoms with E-state index in [0.29, 0.717) is 33.5 Å². The molecule has 3 aromatic rings. The summed E-state index contributed by atoms with van der Waals surface area (Å²) >= 11 is 7.61. The van der Waals surface area contributed by atoms with Gasteiger partial charge in [-0.05, 0) is 61.1 Å². The predicted molar refractivity (Wildman–Crippen MR) is 130 cm³/mol. The van der Waals surface area contributed by atoms with Crippen molar-refractivity contribution >= 4 is 39.9 Å². The van der Waals surface area contributed by atoms with Gasteiger partial charge in [-0.2, -0.15) is 10.5 Å². The van der Waals surface area contributed by atoms with Gasteiger partial charge in [-0.1, -0.05) is 41.9 Å². The summed E-state index contributed by atoms with van der Waals surface area (Å²) in [7, 11) is 0. The van der Waals surface area contributed by atoms with E-state index in [1.807, 2.05) is 24.3 Å². The summed E-state index contributed by atoms with van der Waals surface area (Å²) in [5, 5.41) is 23.1. The molecule has 1 aliphatic carbocycles. The zero-order valence-electron chi connectivity index (χ0n) is 17.7. The Morgan fingerprint density at radius 1 is 1.15 bits per heavy atom. The summed E-state index contributed by atoms with van der Waals surface area (Å²) in [4.78, 5) is 14.0. The maximum absolute atomic E-state index is 12.8. The number of nitrogens with one attached hydrogen (secondary N) is 1. The fourth-order valence-electron chi connectivity index (χ4n) is 3.73. The molecule has 0 spiro atoms. The van der Waals surface area contributed by atoms with E-state index < -0.39 is 5.91 Å². The Bertz CT molecular complexity index is 1310. The van der Waals surface area contributed by atoms with Gasteiger partial charge in [-0.3, -0.25) is 4.79 Å². The monoisotopic (exact) mass is 473 g/mol. The van der Waals surface area contributed by atoms with Crippen LogP contribution in [0.25, 0.3) is 6.08 Å². The van der Waals surface area contributed by atoms with E-state index in [9.17, 15) is 15.3 Å². The zero-order chi connectivity index (χ0) is 23.2. The number of ether oxygens (including phenoxy) is 1. The molecule has 2 aromatic carbocycles. The minimum absolute atomic E-state index is 0.0477. The average Bonchev–Trinajstić information content (AvgIpc) is 3.19. The number of carbonyl (C=O) groups excluding carboxylic acids is 1. The zero-order valence-corrected chi connectivity index (χ0v) is 19.3. The van der Waals surface area contributed by atoms with Gasteiger partial charge in [0.05, 0.1) is 5.56 Å². The molecule has 164 valence electrons. The fraction of sp³-hybridized carbons (Fsp3) is 0.192. The summed E-state index contributed by atoms with van der Waals surface area (Å²) in [6.07, 6.45) is 5.42. The minimum atomic E-state index is -0.532. The summed E-state index contributed by atoms with van der Waals surface area (Å²) < 4.78 is 5.83. The van der Waals surface area contributed by atoms with E-state index in [0.717, 1.165) is 41.7 Å². The maximum Gasteiger partial charge on any atom is 0.266 e. The molecule has 0 saturated heterocycles. The second-order valence-electron chi connectivity index (χ2n) is 7.60. The molecule has 7 heteroatoms. The van der Waals surface area contributed by atoms with Gasteiger partial charge in [0.15, 0.2) is 0 Å². The maximum atomic E-state index is 12.8. The van der Waals surface area contributed by atoms with Gasteiger partial charge >= 0.3 is 0 Å². The first-order chi connectivity index (χ1) is 16.1. The first-order valence-electron chi connectivity index (χ1n) is 10.5. The van der Waals surface area contributed by atoms with E-state index >= 15 is 0 Å². The third kappa shape index (κ3) is 5.26. The van der Waals surface area contributed by atoms with Crippen LogP contribution in [0.15, 0.2) is 54.1 Å². The Morgan fingerprint density at radius 2 is 1.97 bits per heavy atom. The molecule has 0 fully saturated rings. The fourth-order valence-corrected chi connectivity index (χ4v) is 5.15. The summed E-state index contributed by atoms with van der Waals surface area (Å²) in [5.41, 5.74) is 3.03. The van der Waals surface area contributed by atoms with Crippen molar-refractivity contribution in [2.75, 3.05) is 5.32 Å². The molecule has 0 aliphatic heterocycles. The number of benzene rings is 2. The number of hydrogen-bond donors (Lipinski definition) is 1. The molecule has 1 amide bonds. The number of aryl methyl sites for hydroxylation is 1. The molecular formula is C26H20ClN3O2S. The highest BCUT2D eigenvalue weighted by atomic mass is 35.5. The lowest BCUT2D eigenvalue weighted by Gasteiger charge is -2.09. The molecule has 33 heavy (non-hydrogen) atoms.